The van der Waals surface area contributed by atoms with E-state index >= 15 is 0 Å². The fourth-order valence-corrected chi connectivity index (χ4v) is 2.04. The van der Waals surface area contributed by atoms with E-state index in [0.29, 0.717) is 0 Å². The fourth-order valence-electron chi connectivity index (χ4n) is 1.40. The van der Waals surface area contributed by atoms with E-state index in [1.807, 2.05) is 11.9 Å². The SMILES string of the molecule is CCCCCCCCCNSCCC. The molecule has 0 aromatic carbocycles. The van der Waals surface area contributed by atoms with Crippen molar-refractivity contribution in [2.24, 2.45) is 0 Å². The van der Waals surface area contributed by atoms with Crippen LogP contribution < -0.4 is 4.72 Å². The molecule has 1 nitrogen and oxygen atoms in total. The molecule has 0 bridgehead atoms. The number of nitrogens with one attached hydrogen (secondary N) is 1. The molecular formula is C12H27NS. The van der Waals surface area contributed by atoms with Gasteiger partial charge in [-0.2, -0.15) is 0 Å². The Labute approximate surface area is 94.6 Å². The number of hydrogen-bond donors (Lipinski definition) is 1. The highest BCUT2D eigenvalue weighted by atomic mass is 32.2. The minimum atomic E-state index is 1.19. The zero-order chi connectivity index (χ0) is 10.5. The number of rotatable bonds is 11. The average Bonchev–Trinajstić information content (AvgIpc) is 2.21. The van der Waals surface area contributed by atoms with E-state index in [-0.39, 0.29) is 0 Å². The molecule has 0 rings (SSSR count). The zero-order valence-electron chi connectivity index (χ0n) is 9.98. The van der Waals surface area contributed by atoms with Crippen LogP contribution in [-0.4, -0.2) is 12.3 Å². The summed E-state index contributed by atoms with van der Waals surface area (Å²) in [5.74, 6) is 1.25. The Balaban J connectivity index is 2.78. The lowest BCUT2D eigenvalue weighted by Gasteiger charge is -2.03. The summed E-state index contributed by atoms with van der Waals surface area (Å²) in [6, 6.07) is 0. The van der Waals surface area contributed by atoms with Crippen molar-refractivity contribution in [1.82, 2.24) is 4.72 Å². The third kappa shape index (κ3) is 12.3. The van der Waals surface area contributed by atoms with Gasteiger partial charge in [0.25, 0.3) is 0 Å². The Bertz CT molecular complexity index is 84.3. The molecule has 1 N–H and O–H groups in total. The lowest BCUT2D eigenvalue weighted by Crippen LogP contribution is -2.05. The van der Waals surface area contributed by atoms with Gasteiger partial charge in [0.15, 0.2) is 0 Å². The van der Waals surface area contributed by atoms with E-state index in [1.54, 1.807) is 0 Å². The van der Waals surface area contributed by atoms with Crippen molar-refractivity contribution >= 4 is 11.9 Å². The molecule has 0 aromatic rings. The number of hydrogen-bond acceptors (Lipinski definition) is 2. The first-order valence-corrected chi connectivity index (χ1v) is 7.25. The molecule has 0 spiro atoms. The van der Waals surface area contributed by atoms with Crippen LogP contribution in [-0.2, 0) is 0 Å². The normalized spacial score (nSPS) is 10.7. The molecule has 0 unspecified atom stereocenters. The topological polar surface area (TPSA) is 12.0 Å². The molecule has 0 aromatic heterocycles. The highest BCUT2D eigenvalue weighted by Gasteiger charge is 1.90. The molecule has 0 atom stereocenters. The monoisotopic (exact) mass is 217 g/mol. The van der Waals surface area contributed by atoms with Gasteiger partial charge in [-0.1, -0.05) is 64.3 Å². The van der Waals surface area contributed by atoms with Crippen molar-refractivity contribution in [1.29, 1.82) is 0 Å². The van der Waals surface area contributed by atoms with Gasteiger partial charge < -0.3 is 0 Å². The Morgan fingerprint density at radius 2 is 1.43 bits per heavy atom. The van der Waals surface area contributed by atoms with Crippen LogP contribution >= 0.6 is 11.9 Å². The molecule has 0 heterocycles. The van der Waals surface area contributed by atoms with Gasteiger partial charge in [0.05, 0.1) is 0 Å². The maximum absolute atomic E-state index is 3.41. The van der Waals surface area contributed by atoms with Gasteiger partial charge in [0, 0.05) is 12.3 Å². The summed E-state index contributed by atoms with van der Waals surface area (Å²) in [5, 5.41) is 0. The molecule has 0 saturated heterocycles. The number of unbranched alkanes of at least 4 members (excludes halogenated alkanes) is 6. The first kappa shape index (κ1) is 14.3. The lowest BCUT2D eigenvalue weighted by atomic mass is 10.1. The second-order valence-corrected chi connectivity index (χ2v) is 4.85. The molecule has 0 radical (unpaired) electrons. The maximum atomic E-state index is 3.41. The van der Waals surface area contributed by atoms with Crippen LogP contribution in [0, 0.1) is 0 Å². The molecule has 0 aliphatic carbocycles. The van der Waals surface area contributed by atoms with E-state index in [4.69, 9.17) is 0 Å². The van der Waals surface area contributed by atoms with Gasteiger partial charge in [-0.3, -0.25) is 4.72 Å². The summed E-state index contributed by atoms with van der Waals surface area (Å²) in [5.41, 5.74) is 0. The predicted molar refractivity (Wildman–Crippen MR) is 68.7 cm³/mol. The molecule has 0 saturated carbocycles. The smallest absolute Gasteiger partial charge is 0.00760 e. The van der Waals surface area contributed by atoms with Crippen molar-refractivity contribution in [2.45, 2.75) is 65.2 Å². The van der Waals surface area contributed by atoms with Crippen LogP contribution in [0.5, 0.6) is 0 Å². The molecular weight excluding hydrogens is 190 g/mol. The summed E-state index contributed by atoms with van der Waals surface area (Å²) in [6.07, 6.45) is 11.1. The van der Waals surface area contributed by atoms with E-state index in [9.17, 15) is 0 Å². The summed E-state index contributed by atoms with van der Waals surface area (Å²) >= 11 is 1.88. The molecule has 0 amide bonds. The Hall–Kier alpha value is 0.310. The Kier molecular flexibility index (Phi) is 13.6. The molecule has 86 valence electrons. The van der Waals surface area contributed by atoms with E-state index in [1.165, 1.54) is 63.7 Å². The predicted octanol–water partition coefficient (Wildman–Crippen LogP) is 4.38. The standard InChI is InChI=1S/C12H27NS/c1-3-5-6-7-8-9-10-11-13-14-12-4-2/h13H,3-12H2,1-2H3. The largest absolute Gasteiger partial charge is 0.264 e. The third-order valence-corrected chi connectivity index (χ3v) is 3.31. The van der Waals surface area contributed by atoms with Crippen molar-refractivity contribution < 1.29 is 0 Å². The Morgan fingerprint density at radius 3 is 2.07 bits per heavy atom. The summed E-state index contributed by atoms with van der Waals surface area (Å²) in [7, 11) is 0. The molecule has 0 fully saturated rings. The molecule has 0 aliphatic heterocycles. The minimum absolute atomic E-state index is 1.19. The summed E-state index contributed by atoms with van der Waals surface area (Å²) in [6.45, 7) is 5.69. The van der Waals surface area contributed by atoms with Crippen LogP contribution in [0.1, 0.15) is 65.2 Å². The highest BCUT2D eigenvalue weighted by Crippen LogP contribution is 2.06. The van der Waals surface area contributed by atoms with Gasteiger partial charge in [0.1, 0.15) is 0 Å². The van der Waals surface area contributed by atoms with Gasteiger partial charge in [0.2, 0.25) is 0 Å². The summed E-state index contributed by atoms with van der Waals surface area (Å²) in [4.78, 5) is 0. The summed E-state index contributed by atoms with van der Waals surface area (Å²) < 4.78 is 3.41. The van der Waals surface area contributed by atoms with Crippen LogP contribution in [0.2, 0.25) is 0 Å². The highest BCUT2D eigenvalue weighted by molar-refractivity contribution is 7.97. The lowest BCUT2D eigenvalue weighted by molar-refractivity contribution is 0.588. The van der Waals surface area contributed by atoms with E-state index in [0.717, 1.165) is 0 Å². The average molecular weight is 217 g/mol. The van der Waals surface area contributed by atoms with Crippen LogP contribution in [0.4, 0.5) is 0 Å². The van der Waals surface area contributed by atoms with E-state index < -0.39 is 0 Å². The fraction of sp³-hybridized carbons (Fsp3) is 1.00. The molecule has 0 aliphatic rings. The van der Waals surface area contributed by atoms with Gasteiger partial charge in [-0.25, -0.2) is 0 Å². The van der Waals surface area contributed by atoms with Gasteiger partial charge >= 0.3 is 0 Å². The first-order valence-electron chi connectivity index (χ1n) is 6.26. The molecule has 14 heavy (non-hydrogen) atoms. The second kappa shape index (κ2) is 13.3. The quantitative estimate of drug-likeness (QED) is 0.407. The van der Waals surface area contributed by atoms with Crippen molar-refractivity contribution in [3.05, 3.63) is 0 Å². The van der Waals surface area contributed by atoms with Gasteiger partial charge in [-0.05, 0) is 12.8 Å². The third-order valence-electron chi connectivity index (χ3n) is 2.29. The van der Waals surface area contributed by atoms with Crippen LogP contribution in [0.25, 0.3) is 0 Å². The first-order chi connectivity index (χ1) is 6.91. The minimum Gasteiger partial charge on any atom is -0.264 e. The zero-order valence-corrected chi connectivity index (χ0v) is 10.8. The maximum Gasteiger partial charge on any atom is 0.00760 e. The van der Waals surface area contributed by atoms with E-state index in [2.05, 4.69) is 18.6 Å². The van der Waals surface area contributed by atoms with Crippen molar-refractivity contribution in [3.8, 4) is 0 Å². The van der Waals surface area contributed by atoms with Crippen LogP contribution in [0.3, 0.4) is 0 Å². The Morgan fingerprint density at radius 1 is 0.786 bits per heavy atom. The van der Waals surface area contributed by atoms with Crippen molar-refractivity contribution in [3.63, 3.8) is 0 Å². The van der Waals surface area contributed by atoms with Crippen molar-refractivity contribution in [2.75, 3.05) is 12.3 Å². The van der Waals surface area contributed by atoms with Crippen LogP contribution in [0.15, 0.2) is 0 Å². The van der Waals surface area contributed by atoms with Gasteiger partial charge in [-0.15, -0.1) is 0 Å². The molecule has 2 heteroatoms. The second-order valence-electron chi connectivity index (χ2n) is 3.86.